The van der Waals surface area contributed by atoms with Crippen molar-refractivity contribution in [3.63, 3.8) is 0 Å². The summed E-state index contributed by atoms with van der Waals surface area (Å²) in [6.07, 6.45) is -0.452. The molecule has 0 radical (unpaired) electrons. The molecule has 0 unspecified atom stereocenters. The Labute approximate surface area is 164 Å². The van der Waals surface area contributed by atoms with Crippen molar-refractivity contribution in [2.24, 2.45) is 5.92 Å². The number of ether oxygens (including phenoxy) is 3. The number of nitrogens with one attached hydrogen (secondary N) is 1. The lowest BCUT2D eigenvalue weighted by Crippen LogP contribution is -2.50. The third-order valence-electron chi connectivity index (χ3n) is 4.28. The molecule has 0 aliphatic carbocycles. The first-order chi connectivity index (χ1) is 13.0. The SMILES string of the molecule is COC(=O)C[C@H](C(=O)OC)[C@H](NC(=O)c1ccc(C(C)(C)C)cc1)C(=O)OC. The summed E-state index contributed by atoms with van der Waals surface area (Å²) >= 11 is 0. The Hall–Kier alpha value is -2.90. The molecule has 154 valence electrons. The molecule has 0 heterocycles. The fourth-order valence-electron chi connectivity index (χ4n) is 2.55. The molecule has 0 aliphatic rings. The Morgan fingerprint density at radius 2 is 1.43 bits per heavy atom. The van der Waals surface area contributed by atoms with Gasteiger partial charge < -0.3 is 19.5 Å². The van der Waals surface area contributed by atoms with Crippen molar-refractivity contribution in [1.29, 1.82) is 0 Å². The lowest BCUT2D eigenvalue weighted by atomic mass is 9.86. The average molecular weight is 393 g/mol. The quantitative estimate of drug-likeness (QED) is 0.554. The van der Waals surface area contributed by atoms with Gasteiger partial charge in [0.2, 0.25) is 0 Å². The van der Waals surface area contributed by atoms with Crippen molar-refractivity contribution in [3.8, 4) is 0 Å². The van der Waals surface area contributed by atoms with Crippen LogP contribution in [0, 0.1) is 5.92 Å². The number of carbonyl (C=O) groups is 4. The van der Waals surface area contributed by atoms with Crippen molar-refractivity contribution in [2.75, 3.05) is 21.3 Å². The molecule has 8 heteroatoms. The van der Waals surface area contributed by atoms with Gasteiger partial charge in [0, 0.05) is 5.56 Å². The number of hydrogen-bond donors (Lipinski definition) is 1. The van der Waals surface area contributed by atoms with Crippen LogP contribution in [0.4, 0.5) is 0 Å². The summed E-state index contributed by atoms with van der Waals surface area (Å²) in [4.78, 5) is 48.6. The van der Waals surface area contributed by atoms with Gasteiger partial charge in [0.15, 0.2) is 0 Å². The summed E-state index contributed by atoms with van der Waals surface area (Å²) in [5.41, 5.74) is 1.25. The molecule has 0 saturated heterocycles. The summed E-state index contributed by atoms with van der Waals surface area (Å²) in [5.74, 6) is -4.33. The molecule has 2 atom stereocenters. The molecule has 0 spiro atoms. The minimum atomic E-state index is -1.41. The fourth-order valence-corrected chi connectivity index (χ4v) is 2.55. The van der Waals surface area contributed by atoms with Gasteiger partial charge in [-0.05, 0) is 23.1 Å². The highest BCUT2D eigenvalue weighted by molar-refractivity contribution is 5.98. The van der Waals surface area contributed by atoms with Gasteiger partial charge in [0.25, 0.3) is 5.91 Å². The van der Waals surface area contributed by atoms with E-state index in [4.69, 9.17) is 4.74 Å². The zero-order valence-electron chi connectivity index (χ0n) is 17.0. The molecule has 28 heavy (non-hydrogen) atoms. The molecule has 1 aromatic rings. The van der Waals surface area contributed by atoms with Crippen molar-refractivity contribution in [3.05, 3.63) is 35.4 Å². The van der Waals surface area contributed by atoms with Crippen LogP contribution in [0.5, 0.6) is 0 Å². The van der Waals surface area contributed by atoms with E-state index >= 15 is 0 Å². The van der Waals surface area contributed by atoms with Crippen molar-refractivity contribution in [1.82, 2.24) is 5.32 Å². The van der Waals surface area contributed by atoms with Crippen LogP contribution in [0.2, 0.25) is 0 Å². The van der Waals surface area contributed by atoms with Crippen molar-refractivity contribution < 1.29 is 33.4 Å². The summed E-state index contributed by atoms with van der Waals surface area (Å²) in [6.45, 7) is 6.13. The second-order valence-electron chi connectivity index (χ2n) is 7.21. The number of rotatable bonds is 7. The Kier molecular flexibility index (Phi) is 8.16. The highest BCUT2D eigenvalue weighted by Crippen LogP contribution is 2.22. The van der Waals surface area contributed by atoms with Gasteiger partial charge in [-0.1, -0.05) is 32.9 Å². The van der Waals surface area contributed by atoms with E-state index in [0.717, 1.165) is 26.9 Å². The van der Waals surface area contributed by atoms with Crippen LogP contribution in [0.15, 0.2) is 24.3 Å². The third kappa shape index (κ3) is 6.07. The van der Waals surface area contributed by atoms with Crippen LogP contribution in [0.3, 0.4) is 0 Å². The van der Waals surface area contributed by atoms with Crippen LogP contribution in [0.1, 0.15) is 43.1 Å². The van der Waals surface area contributed by atoms with Gasteiger partial charge in [0.1, 0.15) is 6.04 Å². The molecule has 8 nitrogen and oxygen atoms in total. The lowest BCUT2D eigenvalue weighted by molar-refractivity contribution is -0.158. The maximum absolute atomic E-state index is 12.6. The maximum Gasteiger partial charge on any atom is 0.329 e. The van der Waals surface area contributed by atoms with Crippen LogP contribution in [0.25, 0.3) is 0 Å². The standard InChI is InChI=1S/C20H27NO7/c1-20(2,3)13-9-7-12(8-10-13)17(23)21-16(19(25)28-6)14(18(24)27-5)11-15(22)26-4/h7-10,14,16H,11H2,1-6H3,(H,21,23)/t14-,16-/m0/s1. The lowest BCUT2D eigenvalue weighted by Gasteiger charge is -2.24. The van der Waals surface area contributed by atoms with E-state index < -0.39 is 42.2 Å². The Bertz CT molecular complexity index is 719. The number of esters is 3. The first-order valence-electron chi connectivity index (χ1n) is 8.69. The summed E-state index contributed by atoms with van der Waals surface area (Å²) < 4.78 is 13.9. The predicted molar refractivity (Wildman–Crippen MR) is 101 cm³/mol. The molecule has 1 rings (SSSR count). The van der Waals surface area contributed by atoms with E-state index in [-0.39, 0.29) is 5.41 Å². The van der Waals surface area contributed by atoms with Gasteiger partial charge >= 0.3 is 17.9 Å². The smallest absolute Gasteiger partial charge is 0.329 e. The topological polar surface area (TPSA) is 108 Å². The zero-order chi connectivity index (χ0) is 21.5. The van der Waals surface area contributed by atoms with Gasteiger partial charge in [-0.2, -0.15) is 0 Å². The monoisotopic (exact) mass is 393 g/mol. The molecule has 0 aromatic heterocycles. The van der Waals surface area contributed by atoms with Crippen LogP contribution >= 0.6 is 0 Å². The minimum Gasteiger partial charge on any atom is -0.469 e. The zero-order valence-corrected chi connectivity index (χ0v) is 17.0. The molecule has 1 aromatic carbocycles. The van der Waals surface area contributed by atoms with Gasteiger partial charge in [-0.15, -0.1) is 0 Å². The third-order valence-corrected chi connectivity index (χ3v) is 4.28. The number of carbonyl (C=O) groups excluding carboxylic acids is 4. The first-order valence-corrected chi connectivity index (χ1v) is 8.69. The van der Waals surface area contributed by atoms with Gasteiger partial charge in [0.05, 0.1) is 33.7 Å². The number of benzene rings is 1. The average Bonchev–Trinajstić information content (AvgIpc) is 2.68. The van der Waals surface area contributed by atoms with E-state index in [1.165, 1.54) is 0 Å². The Morgan fingerprint density at radius 1 is 0.893 bits per heavy atom. The largest absolute Gasteiger partial charge is 0.469 e. The molecule has 1 amide bonds. The predicted octanol–water partition coefficient (Wildman–Crippen LogP) is 1.61. The fraction of sp³-hybridized carbons (Fsp3) is 0.500. The summed E-state index contributed by atoms with van der Waals surface area (Å²) in [6, 6.07) is 5.46. The maximum atomic E-state index is 12.6. The molecule has 0 fully saturated rings. The second-order valence-corrected chi connectivity index (χ2v) is 7.21. The van der Waals surface area contributed by atoms with E-state index in [1.807, 2.05) is 32.9 Å². The normalized spacial score (nSPS) is 13.1. The van der Waals surface area contributed by atoms with Crippen molar-refractivity contribution in [2.45, 2.75) is 38.6 Å². The van der Waals surface area contributed by atoms with Gasteiger partial charge in [-0.25, -0.2) is 4.79 Å². The van der Waals surface area contributed by atoms with E-state index in [9.17, 15) is 19.2 Å². The summed E-state index contributed by atoms with van der Waals surface area (Å²) in [5, 5.41) is 2.46. The number of amides is 1. The Morgan fingerprint density at radius 3 is 1.86 bits per heavy atom. The molecular weight excluding hydrogens is 366 g/mol. The van der Waals surface area contributed by atoms with Crippen LogP contribution in [-0.4, -0.2) is 51.2 Å². The molecule has 1 N–H and O–H groups in total. The molecular formula is C20H27NO7. The Balaban J connectivity index is 3.12. The number of methoxy groups -OCH3 is 3. The molecule has 0 saturated carbocycles. The minimum absolute atomic E-state index is 0.0833. The van der Waals surface area contributed by atoms with Crippen molar-refractivity contribution >= 4 is 23.8 Å². The van der Waals surface area contributed by atoms with Gasteiger partial charge in [-0.3, -0.25) is 14.4 Å². The first kappa shape index (κ1) is 23.1. The summed E-state index contributed by atoms with van der Waals surface area (Å²) in [7, 11) is 3.39. The highest BCUT2D eigenvalue weighted by atomic mass is 16.5. The van der Waals surface area contributed by atoms with Crippen LogP contribution < -0.4 is 5.32 Å². The van der Waals surface area contributed by atoms with E-state index in [1.54, 1.807) is 12.1 Å². The molecule has 0 aliphatic heterocycles. The second kappa shape index (κ2) is 9.87. The van der Waals surface area contributed by atoms with E-state index in [2.05, 4.69) is 14.8 Å². The van der Waals surface area contributed by atoms with Crippen LogP contribution in [-0.2, 0) is 34.0 Å². The number of hydrogen-bond acceptors (Lipinski definition) is 7. The van der Waals surface area contributed by atoms with E-state index in [0.29, 0.717) is 5.56 Å². The molecule has 0 bridgehead atoms. The highest BCUT2D eigenvalue weighted by Gasteiger charge is 2.38.